The Balaban J connectivity index is 2.04. The second-order valence-corrected chi connectivity index (χ2v) is 6.99. The van der Waals surface area contributed by atoms with Gasteiger partial charge in [0.1, 0.15) is 5.75 Å². The van der Waals surface area contributed by atoms with Crippen LogP contribution in [-0.2, 0) is 0 Å². The van der Waals surface area contributed by atoms with Crippen LogP contribution in [0.3, 0.4) is 0 Å². The maximum absolute atomic E-state index is 5.42. The molecule has 0 spiro atoms. The van der Waals surface area contributed by atoms with Crippen LogP contribution in [0.1, 0.15) is 34.1 Å². The summed E-state index contributed by atoms with van der Waals surface area (Å²) >= 11 is 0. The molecule has 1 aromatic carbocycles. The summed E-state index contributed by atoms with van der Waals surface area (Å²) in [6.07, 6.45) is 3.07. The molecule has 2 aromatic rings. The molecule has 1 N–H and O–H groups in total. The summed E-state index contributed by atoms with van der Waals surface area (Å²) in [6.45, 7) is 12.2. The second-order valence-electron chi connectivity index (χ2n) is 6.99. The van der Waals surface area contributed by atoms with Crippen molar-refractivity contribution < 1.29 is 4.74 Å². The SMILES string of the molecule is COc1cc(NCCN(CCC(C)C)C(C)C)c2ncccc2c1. The maximum Gasteiger partial charge on any atom is 0.121 e. The first-order chi connectivity index (χ1) is 11.5. The van der Waals surface area contributed by atoms with Crippen LogP contribution in [0.25, 0.3) is 10.9 Å². The Hall–Kier alpha value is -1.81. The van der Waals surface area contributed by atoms with E-state index in [9.17, 15) is 0 Å². The van der Waals surface area contributed by atoms with Gasteiger partial charge >= 0.3 is 0 Å². The van der Waals surface area contributed by atoms with E-state index in [1.807, 2.05) is 24.4 Å². The summed E-state index contributed by atoms with van der Waals surface area (Å²) in [7, 11) is 1.70. The highest BCUT2D eigenvalue weighted by Gasteiger charge is 2.11. The molecule has 0 unspecified atom stereocenters. The molecule has 4 nitrogen and oxygen atoms in total. The monoisotopic (exact) mass is 329 g/mol. The average molecular weight is 329 g/mol. The number of hydrogen-bond donors (Lipinski definition) is 1. The minimum Gasteiger partial charge on any atom is -0.497 e. The standard InChI is InChI=1S/C20H31N3O/c1-15(2)8-11-23(16(3)4)12-10-21-19-14-18(24-5)13-17-7-6-9-22-20(17)19/h6-7,9,13-16,21H,8,10-12H2,1-5H3. The number of hydrogen-bond acceptors (Lipinski definition) is 4. The number of anilines is 1. The van der Waals surface area contributed by atoms with E-state index in [1.165, 1.54) is 6.42 Å². The van der Waals surface area contributed by atoms with Gasteiger partial charge in [-0.25, -0.2) is 0 Å². The van der Waals surface area contributed by atoms with Gasteiger partial charge in [0, 0.05) is 36.8 Å². The molecular formula is C20H31N3O. The quantitative estimate of drug-likeness (QED) is 0.739. The number of methoxy groups -OCH3 is 1. The smallest absolute Gasteiger partial charge is 0.121 e. The number of fused-ring (bicyclic) bond motifs is 1. The van der Waals surface area contributed by atoms with Gasteiger partial charge in [-0.05, 0) is 44.9 Å². The summed E-state index contributed by atoms with van der Waals surface area (Å²) < 4.78 is 5.42. The van der Waals surface area contributed by atoms with Crippen molar-refractivity contribution >= 4 is 16.6 Å². The van der Waals surface area contributed by atoms with Crippen LogP contribution >= 0.6 is 0 Å². The summed E-state index contributed by atoms with van der Waals surface area (Å²) in [4.78, 5) is 7.05. The molecule has 0 aliphatic rings. The Bertz CT molecular complexity index is 640. The largest absolute Gasteiger partial charge is 0.497 e. The molecule has 0 aliphatic carbocycles. The third-order valence-corrected chi connectivity index (χ3v) is 4.35. The number of aromatic nitrogens is 1. The Morgan fingerprint density at radius 1 is 1.17 bits per heavy atom. The number of nitrogens with one attached hydrogen (secondary N) is 1. The van der Waals surface area contributed by atoms with Crippen molar-refractivity contribution in [3.63, 3.8) is 0 Å². The lowest BCUT2D eigenvalue weighted by molar-refractivity contribution is 0.217. The van der Waals surface area contributed by atoms with Crippen molar-refractivity contribution in [2.24, 2.45) is 5.92 Å². The molecule has 0 saturated heterocycles. The summed E-state index contributed by atoms with van der Waals surface area (Å²) in [5.41, 5.74) is 2.04. The van der Waals surface area contributed by atoms with E-state index in [1.54, 1.807) is 7.11 Å². The van der Waals surface area contributed by atoms with Crippen LogP contribution in [0.15, 0.2) is 30.5 Å². The van der Waals surface area contributed by atoms with Crippen molar-refractivity contribution in [1.29, 1.82) is 0 Å². The molecule has 0 fully saturated rings. The Kier molecular flexibility index (Phi) is 6.85. The van der Waals surface area contributed by atoms with E-state index in [4.69, 9.17) is 4.74 Å². The van der Waals surface area contributed by atoms with Gasteiger partial charge in [-0.3, -0.25) is 9.88 Å². The van der Waals surface area contributed by atoms with E-state index < -0.39 is 0 Å². The molecule has 0 amide bonds. The van der Waals surface area contributed by atoms with Crippen molar-refractivity contribution in [2.45, 2.75) is 40.2 Å². The number of nitrogens with zero attached hydrogens (tertiary/aromatic N) is 2. The number of rotatable bonds is 9. The summed E-state index contributed by atoms with van der Waals surface area (Å²) in [5.74, 6) is 1.60. The molecule has 24 heavy (non-hydrogen) atoms. The molecule has 132 valence electrons. The first kappa shape index (κ1) is 18.5. The maximum atomic E-state index is 5.42. The molecule has 0 saturated carbocycles. The van der Waals surface area contributed by atoms with Crippen LogP contribution in [-0.4, -0.2) is 42.7 Å². The van der Waals surface area contributed by atoms with Gasteiger partial charge in [0.25, 0.3) is 0 Å². The zero-order valence-electron chi connectivity index (χ0n) is 15.7. The topological polar surface area (TPSA) is 37.4 Å². The minimum atomic E-state index is 0.561. The van der Waals surface area contributed by atoms with E-state index >= 15 is 0 Å². The van der Waals surface area contributed by atoms with E-state index in [-0.39, 0.29) is 0 Å². The summed E-state index contributed by atoms with van der Waals surface area (Å²) in [6, 6.07) is 8.64. The average Bonchev–Trinajstić information content (AvgIpc) is 2.56. The van der Waals surface area contributed by atoms with Gasteiger partial charge in [0.05, 0.1) is 18.3 Å². The first-order valence-electron chi connectivity index (χ1n) is 8.92. The Morgan fingerprint density at radius 2 is 1.96 bits per heavy atom. The fourth-order valence-corrected chi connectivity index (χ4v) is 2.80. The third-order valence-electron chi connectivity index (χ3n) is 4.35. The highest BCUT2D eigenvalue weighted by atomic mass is 16.5. The Labute approximate surface area is 146 Å². The molecule has 4 heteroatoms. The van der Waals surface area contributed by atoms with Gasteiger partial charge in [-0.15, -0.1) is 0 Å². The lowest BCUT2D eigenvalue weighted by atomic mass is 10.1. The lowest BCUT2D eigenvalue weighted by Gasteiger charge is -2.27. The van der Waals surface area contributed by atoms with E-state index in [0.717, 1.165) is 47.9 Å². The van der Waals surface area contributed by atoms with Crippen molar-refractivity contribution in [1.82, 2.24) is 9.88 Å². The highest BCUT2D eigenvalue weighted by molar-refractivity contribution is 5.91. The zero-order chi connectivity index (χ0) is 17.5. The predicted octanol–water partition coefficient (Wildman–Crippen LogP) is 4.41. The molecule has 1 heterocycles. The first-order valence-corrected chi connectivity index (χ1v) is 8.92. The molecule has 0 radical (unpaired) electrons. The van der Waals surface area contributed by atoms with Crippen molar-refractivity contribution in [3.8, 4) is 5.75 Å². The van der Waals surface area contributed by atoms with Crippen LogP contribution in [0, 0.1) is 5.92 Å². The Morgan fingerprint density at radius 3 is 2.62 bits per heavy atom. The van der Waals surface area contributed by atoms with Crippen LogP contribution in [0.2, 0.25) is 0 Å². The third kappa shape index (κ3) is 5.10. The minimum absolute atomic E-state index is 0.561. The zero-order valence-corrected chi connectivity index (χ0v) is 15.7. The number of pyridine rings is 1. The van der Waals surface area contributed by atoms with Crippen molar-refractivity contribution in [2.75, 3.05) is 32.1 Å². The van der Waals surface area contributed by atoms with Crippen LogP contribution < -0.4 is 10.1 Å². The fourth-order valence-electron chi connectivity index (χ4n) is 2.80. The van der Waals surface area contributed by atoms with Crippen molar-refractivity contribution in [3.05, 3.63) is 30.5 Å². The normalized spacial score (nSPS) is 11.7. The van der Waals surface area contributed by atoms with Crippen LogP contribution in [0.5, 0.6) is 5.75 Å². The number of ether oxygens (including phenoxy) is 1. The number of benzene rings is 1. The lowest BCUT2D eigenvalue weighted by Crippen LogP contribution is -2.36. The molecule has 0 atom stereocenters. The predicted molar refractivity (Wildman–Crippen MR) is 103 cm³/mol. The molecule has 2 rings (SSSR count). The van der Waals surface area contributed by atoms with Gasteiger partial charge in [0.2, 0.25) is 0 Å². The van der Waals surface area contributed by atoms with Crippen LogP contribution in [0.4, 0.5) is 5.69 Å². The molecule has 0 bridgehead atoms. The fraction of sp³-hybridized carbons (Fsp3) is 0.550. The molecule has 1 aromatic heterocycles. The highest BCUT2D eigenvalue weighted by Crippen LogP contribution is 2.27. The van der Waals surface area contributed by atoms with Gasteiger partial charge in [0.15, 0.2) is 0 Å². The molecular weight excluding hydrogens is 298 g/mol. The van der Waals surface area contributed by atoms with Gasteiger partial charge < -0.3 is 10.1 Å². The van der Waals surface area contributed by atoms with Gasteiger partial charge in [-0.1, -0.05) is 19.9 Å². The van der Waals surface area contributed by atoms with E-state index in [2.05, 4.69) is 49.0 Å². The summed E-state index contributed by atoms with van der Waals surface area (Å²) in [5, 5.41) is 4.65. The van der Waals surface area contributed by atoms with Gasteiger partial charge in [-0.2, -0.15) is 0 Å². The van der Waals surface area contributed by atoms with E-state index in [0.29, 0.717) is 6.04 Å². The molecule has 0 aliphatic heterocycles. The second kappa shape index (κ2) is 8.88.